The van der Waals surface area contributed by atoms with E-state index >= 15 is 0 Å². The molecule has 0 radical (unpaired) electrons. The minimum Gasteiger partial charge on any atom is -0.480 e. The molecule has 1 amide bonds. The standard InChI is InChI=1S/C26H19N5O5/c32-24(8-4-17-3-7-21-22(11-17)30-10-9-29-21)31(15-25(33)34)23(26(35)36)12-18-1-5-19(6-2-18)20-13-27-16-28-14-20/h1-3,5-7,9-11,13-14,16,23H,12,15H2,(H,33,34)(H,35,36). The summed E-state index contributed by atoms with van der Waals surface area (Å²) < 4.78 is 0. The fourth-order valence-corrected chi connectivity index (χ4v) is 3.54. The monoisotopic (exact) mass is 481 g/mol. The van der Waals surface area contributed by atoms with Gasteiger partial charge >= 0.3 is 11.9 Å². The fourth-order valence-electron chi connectivity index (χ4n) is 3.54. The summed E-state index contributed by atoms with van der Waals surface area (Å²) >= 11 is 0. The first-order valence-electron chi connectivity index (χ1n) is 10.7. The lowest BCUT2D eigenvalue weighted by Gasteiger charge is -2.25. The summed E-state index contributed by atoms with van der Waals surface area (Å²) in [5.41, 5.74) is 3.91. The maximum Gasteiger partial charge on any atom is 0.326 e. The Bertz CT molecular complexity index is 1480. The van der Waals surface area contributed by atoms with Crippen LogP contribution in [0.5, 0.6) is 0 Å². The first-order valence-corrected chi connectivity index (χ1v) is 10.7. The van der Waals surface area contributed by atoms with E-state index in [1.54, 1.807) is 61.1 Å². The molecule has 1 atom stereocenters. The smallest absolute Gasteiger partial charge is 0.326 e. The number of rotatable bonds is 7. The third-order valence-electron chi connectivity index (χ3n) is 5.29. The van der Waals surface area contributed by atoms with Gasteiger partial charge in [-0.25, -0.2) is 14.8 Å². The number of carbonyl (C=O) groups is 3. The van der Waals surface area contributed by atoms with Crippen LogP contribution in [0.3, 0.4) is 0 Å². The van der Waals surface area contributed by atoms with Crippen molar-refractivity contribution in [3.63, 3.8) is 0 Å². The molecular weight excluding hydrogens is 462 g/mol. The summed E-state index contributed by atoms with van der Waals surface area (Å²) in [6.07, 6.45) is 7.69. The molecule has 4 rings (SSSR count). The molecule has 1 unspecified atom stereocenters. The molecule has 2 N–H and O–H groups in total. The Balaban J connectivity index is 1.56. The molecule has 0 bridgehead atoms. The third-order valence-corrected chi connectivity index (χ3v) is 5.29. The largest absolute Gasteiger partial charge is 0.480 e. The highest BCUT2D eigenvalue weighted by Gasteiger charge is 2.31. The first kappa shape index (κ1) is 24.0. The van der Waals surface area contributed by atoms with Gasteiger partial charge in [0.15, 0.2) is 0 Å². The summed E-state index contributed by atoms with van der Waals surface area (Å²) in [5, 5.41) is 19.2. The molecule has 36 heavy (non-hydrogen) atoms. The number of fused-ring (bicyclic) bond motifs is 1. The van der Waals surface area contributed by atoms with Gasteiger partial charge in [0.1, 0.15) is 18.9 Å². The van der Waals surface area contributed by atoms with Crippen LogP contribution in [-0.2, 0) is 20.8 Å². The Morgan fingerprint density at radius 3 is 2.25 bits per heavy atom. The van der Waals surface area contributed by atoms with Gasteiger partial charge in [0.05, 0.1) is 11.0 Å². The summed E-state index contributed by atoms with van der Waals surface area (Å²) in [4.78, 5) is 53.4. The topological polar surface area (TPSA) is 146 Å². The summed E-state index contributed by atoms with van der Waals surface area (Å²) in [5.74, 6) is 1.43. The number of hydrogen-bond acceptors (Lipinski definition) is 7. The molecule has 2 aromatic carbocycles. The van der Waals surface area contributed by atoms with E-state index in [4.69, 9.17) is 0 Å². The predicted molar refractivity (Wildman–Crippen MR) is 128 cm³/mol. The van der Waals surface area contributed by atoms with Crippen molar-refractivity contribution in [3.05, 3.63) is 84.7 Å². The Kier molecular flexibility index (Phi) is 7.22. The van der Waals surface area contributed by atoms with Crippen molar-refractivity contribution in [2.75, 3.05) is 6.54 Å². The van der Waals surface area contributed by atoms with Gasteiger partial charge in [-0.2, -0.15) is 0 Å². The molecule has 0 aliphatic carbocycles. The van der Waals surface area contributed by atoms with E-state index in [0.717, 1.165) is 16.0 Å². The van der Waals surface area contributed by atoms with Crippen molar-refractivity contribution in [3.8, 4) is 23.0 Å². The van der Waals surface area contributed by atoms with Gasteiger partial charge in [0.2, 0.25) is 0 Å². The predicted octanol–water partition coefficient (Wildman–Crippen LogP) is 2.05. The van der Waals surface area contributed by atoms with Gasteiger partial charge in [0, 0.05) is 48.3 Å². The van der Waals surface area contributed by atoms with E-state index in [-0.39, 0.29) is 6.42 Å². The zero-order valence-electron chi connectivity index (χ0n) is 18.8. The van der Waals surface area contributed by atoms with Crippen LogP contribution in [-0.4, -0.2) is 65.5 Å². The molecule has 0 aliphatic heterocycles. The van der Waals surface area contributed by atoms with Crippen LogP contribution < -0.4 is 0 Å². The SMILES string of the molecule is O=C(O)CN(C(=O)C#Cc1ccc2nccnc2c1)C(Cc1ccc(-c2cncnc2)cc1)C(=O)O. The highest BCUT2D eigenvalue weighted by atomic mass is 16.4. The zero-order chi connectivity index (χ0) is 25.5. The van der Waals surface area contributed by atoms with E-state index in [0.29, 0.717) is 22.2 Å². The number of carboxylic acids is 2. The summed E-state index contributed by atoms with van der Waals surface area (Å²) in [6, 6.07) is 10.5. The maximum atomic E-state index is 12.9. The van der Waals surface area contributed by atoms with Crippen LogP contribution in [0, 0.1) is 11.8 Å². The van der Waals surface area contributed by atoms with Crippen molar-refractivity contribution in [2.24, 2.45) is 0 Å². The molecule has 2 heterocycles. The van der Waals surface area contributed by atoms with Gasteiger partial charge in [-0.3, -0.25) is 19.6 Å². The lowest BCUT2D eigenvalue weighted by atomic mass is 10.0. The number of aliphatic carboxylic acids is 2. The summed E-state index contributed by atoms with van der Waals surface area (Å²) in [6.45, 7) is -0.812. The number of aromatic nitrogens is 4. The fraction of sp³-hybridized carbons (Fsp3) is 0.115. The number of amides is 1. The van der Waals surface area contributed by atoms with Crippen LogP contribution in [0.1, 0.15) is 11.1 Å². The van der Waals surface area contributed by atoms with Gasteiger partial charge in [0.25, 0.3) is 5.91 Å². The van der Waals surface area contributed by atoms with Crippen LogP contribution in [0.15, 0.2) is 73.6 Å². The molecule has 0 spiro atoms. The number of nitrogens with zero attached hydrogens (tertiary/aromatic N) is 5. The molecule has 0 fully saturated rings. The first-order chi connectivity index (χ1) is 17.4. The van der Waals surface area contributed by atoms with Crippen LogP contribution in [0.25, 0.3) is 22.2 Å². The normalized spacial score (nSPS) is 11.2. The molecule has 0 aliphatic rings. The number of benzene rings is 2. The highest BCUT2D eigenvalue weighted by Crippen LogP contribution is 2.19. The minimum atomic E-state index is -1.43. The summed E-state index contributed by atoms with van der Waals surface area (Å²) in [7, 11) is 0. The van der Waals surface area contributed by atoms with Crippen molar-refractivity contribution < 1.29 is 24.6 Å². The Labute approximate surface area is 205 Å². The maximum absolute atomic E-state index is 12.9. The average Bonchev–Trinajstić information content (AvgIpc) is 2.89. The molecule has 10 nitrogen and oxygen atoms in total. The van der Waals surface area contributed by atoms with Gasteiger partial charge in [-0.1, -0.05) is 30.2 Å². The van der Waals surface area contributed by atoms with E-state index in [2.05, 4.69) is 31.8 Å². The third kappa shape index (κ3) is 5.84. The van der Waals surface area contributed by atoms with E-state index < -0.39 is 30.4 Å². The molecule has 10 heteroatoms. The second kappa shape index (κ2) is 10.8. The van der Waals surface area contributed by atoms with Crippen LogP contribution >= 0.6 is 0 Å². The van der Waals surface area contributed by atoms with Crippen molar-refractivity contribution in [2.45, 2.75) is 12.5 Å². The molecule has 178 valence electrons. The second-order valence-electron chi connectivity index (χ2n) is 7.72. The molecule has 4 aromatic rings. The van der Waals surface area contributed by atoms with Crippen molar-refractivity contribution in [1.82, 2.24) is 24.8 Å². The quantitative estimate of drug-likeness (QED) is 0.379. The lowest BCUT2D eigenvalue weighted by molar-refractivity contribution is -0.152. The van der Waals surface area contributed by atoms with Gasteiger partial charge in [-0.15, -0.1) is 0 Å². The van der Waals surface area contributed by atoms with Gasteiger partial charge < -0.3 is 15.1 Å². The number of carbonyl (C=O) groups excluding carboxylic acids is 1. The van der Waals surface area contributed by atoms with Crippen LogP contribution in [0.4, 0.5) is 0 Å². The van der Waals surface area contributed by atoms with Gasteiger partial charge in [-0.05, 0) is 29.3 Å². The Morgan fingerprint density at radius 1 is 0.889 bits per heavy atom. The zero-order valence-corrected chi connectivity index (χ0v) is 18.8. The van der Waals surface area contributed by atoms with E-state index in [9.17, 15) is 24.6 Å². The molecule has 2 aromatic heterocycles. The van der Waals surface area contributed by atoms with Crippen molar-refractivity contribution >= 4 is 28.9 Å². The molecule has 0 saturated carbocycles. The lowest BCUT2D eigenvalue weighted by Crippen LogP contribution is -2.48. The Morgan fingerprint density at radius 2 is 1.58 bits per heavy atom. The molecular formula is C26H19N5O5. The average molecular weight is 481 g/mol. The van der Waals surface area contributed by atoms with E-state index in [1.165, 1.54) is 12.5 Å². The van der Waals surface area contributed by atoms with Crippen LogP contribution in [0.2, 0.25) is 0 Å². The van der Waals surface area contributed by atoms with Crippen molar-refractivity contribution in [1.29, 1.82) is 0 Å². The molecule has 0 saturated heterocycles. The van der Waals surface area contributed by atoms with E-state index in [1.807, 2.05) is 0 Å². The second-order valence-corrected chi connectivity index (χ2v) is 7.72. The highest BCUT2D eigenvalue weighted by molar-refractivity contribution is 5.98. The number of carboxylic acid groups (broad SMARTS) is 2. The minimum absolute atomic E-state index is 0.104. The number of hydrogen-bond donors (Lipinski definition) is 2. The Hall–Kier alpha value is -5.17.